The Morgan fingerprint density at radius 3 is 2.38 bits per heavy atom. The first-order valence-electron chi connectivity index (χ1n) is 13.9. The molecule has 39 heavy (non-hydrogen) atoms. The molecule has 1 amide bonds. The van der Waals surface area contributed by atoms with E-state index in [4.69, 9.17) is 14.2 Å². The summed E-state index contributed by atoms with van der Waals surface area (Å²) in [6.45, 7) is 7.03. The van der Waals surface area contributed by atoms with Crippen molar-refractivity contribution in [3.63, 3.8) is 0 Å². The summed E-state index contributed by atoms with van der Waals surface area (Å²) in [5, 5.41) is 9.81. The van der Waals surface area contributed by atoms with Gasteiger partial charge in [0, 0.05) is 12.3 Å². The number of para-hydroxylation sites is 2. The average molecular weight is 530 g/mol. The smallest absolute Gasteiger partial charge is 0.269 e. The molecule has 6 nitrogen and oxygen atoms in total. The maximum atomic E-state index is 12.7. The number of carbonyl (C=O) groups excluding carboxylic acids is 1. The molecule has 0 saturated carbocycles. The van der Waals surface area contributed by atoms with Gasteiger partial charge in [-0.05, 0) is 84.0 Å². The molecule has 0 radical (unpaired) electrons. The van der Waals surface area contributed by atoms with Crippen molar-refractivity contribution in [1.29, 1.82) is 0 Å². The Balaban J connectivity index is 1.28. The fourth-order valence-electron chi connectivity index (χ4n) is 6.55. The van der Waals surface area contributed by atoms with Crippen LogP contribution in [0.1, 0.15) is 44.7 Å². The first kappa shape index (κ1) is 27.2. The van der Waals surface area contributed by atoms with Gasteiger partial charge < -0.3 is 19.3 Å². The van der Waals surface area contributed by atoms with Crippen LogP contribution in [-0.2, 0) is 21.4 Å². The van der Waals surface area contributed by atoms with Crippen molar-refractivity contribution >= 4 is 17.3 Å². The Hall–Kier alpha value is -3.35. The van der Waals surface area contributed by atoms with Crippen molar-refractivity contribution in [2.45, 2.75) is 57.7 Å². The van der Waals surface area contributed by atoms with Crippen molar-refractivity contribution in [1.82, 2.24) is 0 Å². The molecule has 1 fully saturated rings. The summed E-state index contributed by atoms with van der Waals surface area (Å²) in [7, 11) is 1.68. The van der Waals surface area contributed by atoms with Gasteiger partial charge in [-0.2, -0.15) is 0 Å². The molecule has 3 aromatic rings. The van der Waals surface area contributed by atoms with Crippen molar-refractivity contribution in [2.75, 3.05) is 25.2 Å². The van der Waals surface area contributed by atoms with Crippen LogP contribution >= 0.6 is 0 Å². The third-order valence-electron chi connectivity index (χ3n) is 8.60. The quantitative estimate of drug-likeness (QED) is 0.365. The number of methoxy groups -OCH3 is 1. The molecule has 0 aromatic heterocycles. The highest BCUT2D eigenvalue weighted by Gasteiger charge is 2.49. The zero-order valence-corrected chi connectivity index (χ0v) is 23.3. The predicted octanol–water partition coefficient (Wildman–Crippen LogP) is 6.06. The fourth-order valence-corrected chi connectivity index (χ4v) is 6.55. The van der Waals surface area contributed by atoms with Gasteiger partial charge in [0.25, 0.3) is 5.91 Å². The number of rotatable bonds is 9. The van der Waals surface area contributed by atoms with Crippen molar-refractivity contribution < 1.29 is 24.1 Å². The lowest BCUT2D eigenvalue weighted by Crippen LogP contribution is -2.38. The number of benzene rings is 3. The molecule has 2 aliphatic rings. The van der Waals surface area contributed by atoms with Gasteiger partial charge in [-0.15, -0.1) is 0 Å². The summed E-state index contributed by atoms with van der Waals surface area (Å²) in [6.07, 6.45) is 2.52. The molecule has 2 heterocycles. The molecule has 4 atom stereocenters. The molecule has 5 rings (SSSR count). The standard InChI is InChI=1S/C33H39NO5/c1-22-28(39-30(19-20-35)32(22)33(2,3)24-12-16-26(37-4)17-13-24)18-11-23-9-14-25(15-10-23)34-27-7-5-6-8-29(27)38-21-31(34)36/h5-10,12-17,22,28,30,32,35H,11,18-21H2,1-4H3/t22-,28+,30-,32+/m1/s1. The first-order chi connectivity index (χ1) is 18.8. The van der Waals surface area contributed by atoms with Crippen molar-refractivity contribution in [2.24, 2.45) is 11.8 Å². The second-order valence-electron chi connectivity index (χ2n) is 11.3. The number of aliphatic hydroxyl groups excluding tert-OH is 1. The predicted molar refractivity (Wildman–Crippen MR) is 153 cm³/mol. The van der Waals surface area contributed by atoms with Crippen LogP contribution in [0.5, 0.6) is 11.5 Å². The van der Waals surface area contributed by atoms with E-state index in [0.717, 1.165) is 35.7 Å². The van der Waals surface area contributed by atoms with E-state index < -0.39 is 0 Å². The van der Waals surface area contributed by atoms with Crippen LogP contribution < -0.4 is 14.4 Å². The van der Waals surface area contributed by atoms with Gasteiger partial charge in [0.05, 0.1) is 25.0 Å². The van der Waals surface area contributed by atoms with E-state index in [1.807, 2.05) is 48.5 Å². The Bertz CT molecular complexity index is 1270. The highest BCUT2D eigenvalue weighted by Crippen LogP contribution is 2.48. The molecule has 6 heteroatoms. The number of carbonyl (C=O) groups is 1. The highest BCUT2D eigenvalue weighted by molar-refractivity contribution is 6.04. The molecule has 0 bridgehead atoms. The Morgan fingerprint density at radius 2 is 1.69 bits per heavy atom. The summed E-state index contributed by atoms with van der Waals surface area (Å²) < 4.78 is 17.6. The molecule has 0 unspecified atom stereocenters. The summed E-state index contributed by atoms with van der Waals surface area (Å²) >= 11 is 0. The normalized spacial score (nSPS) is 22.9. The topological polar surface area (TPSA) is 68.2 Å². The van der Waals surface area contributed by atoms with Gasteiger partial charge >= 0.3 is 0 Å². The van der Waals surface area contributed by atoms with Crippen LogP contribution in [0.3, 0.4) is 0 Å². The zero-order chi connectivity index (χ0) is 27.6. The van der Waals surface area contributed by atoms with Gasteiger partial charge in [0.2, 0.25) is 0 Å². The molecule has 3 aromatic carbocycles. The first-order valence-corrected chi connectivity index (χ1v) is 13.9. The lowest BCUT2D eigenvalue weighted by Gasteiger charge is -2.38. The minimum Gasteiger partial charge on any atom is -0.497 e. The fraction of sp³-hybridized carbons (Fsp3) is 0.424. The van der Waals surface area contributed by atoms with Gasteiger partial charge in [-0.3, -0.25) is 9.69 Å². The third-order valence-corrected chi connectivity index (χ3v) is 8.60. The number of hydrogen-bond acceptors (Lipinski definition) is 5. The number of anilines is 2. The van der Waals surface area contributed by atoms with E-state index in [2.05, 4.69) is 45.0 Å². The van der Waals surface area contributed by atoms with E-state index >= 15 is 0 Å². The van der Waals surface area contributed by atoms with E-state index in [1.165, 1.54) is 11.1 Å². The SMILES string of the molecule is COc1ccc(C(C)(C)[C@H]2[C@H](C)[C@H](CCc3ccc(N4C(=O)COc5ccccc54)cc3)O[C@@H]2CCO)cc1. The van der Waals surface area contributed by atoms with Gasteiger partial charge in [0.1, 0.15) is 11.5 Å². The Morgan fingerprint density at radius 1 is 0.974 bits per heavy atom. The summed E-state index contributed by atoms with van der Waals surface area (Å²) in [4.78, 5) is 14.4. The number of aryl methyl sites for hydroxylation is 1. The summed E-state index contributed by atoms with van der Waals surface area (Å²) in [5.74, 6) is 2.11. The Kier molecular flexibility index (Phi) is 7.96. The number of aliphatic hydroxyl groups is 1. The average Bonchev–Trinajstić information content (AvgIpc) is 3.27. The van der Waals surface area contributed by atoms with Crippen LogP contribution in [0.4, 0.5) is 11.4 Å². The van der Waals surface area contributed by atoms with Gasteiger partial charge in [-0.25, -0.2) is 0 Å². The van der Waals surface area contributed by atoms with E-state index in [1.54, 1.807) is 12.0 Å². The number of amides is 1. The third kappa shape index (κ3) is 5.41. The largest absolute Gasteiger partial charge is 0.497 e. The second-order valence-corrected chi connectivity index (χ2v) is 11.3. The minimum atomic E-state index is -0.122. The maximum absolute atomic E-state index is 12.7. The van der Waals surface area contributed by atoms with Crippen molar-refractivity contribution in [3.8, 4) is 11.5 Å². The monoisotopic (exact) mass is 529 g/mol. The second kappa shape index (κ2) is 11.4. The summed E-state index contributed by atoms with van der Waals surface area (Å²) in [5.41, 5.74) is 3.95. The van der Waals surface area contributed by atoms with Crippen LogP contribution in [0.15, 0.2) is 72.8 Å². The lowest BCUT2D eigenvalue weighted by molar-refractivity contribution is -0.120. The van der Waals surface area contributed by atoms with E-state index in [9.17, 15) is 9.90 Å². The lowest BCUT2D eigenvalue weighted by atomic mass is 9.65. The molecule has 2 aliphatic heterocycles. The maximum Gasteiger partial charge on any atom is 0.269 e. The minimum absolute atomic E-state index is 0.00174. The molecule has 1 N–H and O–H groups in total. The van der Waals surface area contributed by atoms with Crippen LogP contribution in [0.2, 0.25) is 0 Å². The van der Waals surface area contributed by atoms with Crippen LogP contribution in [0.25, 0.3) is 0 Å². The molecular formula is C33H39NO5. The molecule has 206 valence electrons. The van der Waals surface area contributed by atoms with Crippen molar-refractivity contribution in [3.05, 3.63) is 83.9 Å². The van der Waals surface area contributed by atoms with Crippen LogP contribution in [0, 0.1) is 11.8 Å². The number of ether oxygens (including phenoxy) is 3. The zero-order valence-electron chi connectivity index (χ0n) is 23.3. The Labute approximate surface area is 231 Å². The number of hydrogen-bond donors (Lipinski definition) is 1. The van der Waals surface area contributed by atoms with E-state index in [0.29, 0.717) is 12.3 Å². The number of fused-ring (bicyclic) bond motifs is 1. The molecule has 0 aliphatic carbocycles. The highest BCUT2D eigenvalue weighted by atomic mass is 16.5. The van der Waals surface area contributed by atoms with E-state index in [-0.39, 0.29) is 42.7 Å². The molecule has 1 saturated heterocycles. The molecular weight excluding hydrogens is 490 g/mol. The molecule has 0 spiro atoms. The van der Waals surface area contributed by atoms with Gasteiger partial charge in [-0.1, -0.05) is 57.2 Å². The van der Waals surface area contributed by atoms with Crippen LogP contribution in [-0.4, -0.2) is 43.5 Å². The number of nitrogens with zero attached hydrogens (tertiary/aromatic N) is 1. The summed E-state index contributed by atoms with van der Waals surface area (Å²) in [6, 6.07) is 24.2. The van der Waals surface area contributed by atoms with Gasteiger partial charge in [0.15, 0.2) is 6.61 Å².